The van der Waals surface area contributed by atoms with Crippen LogP contribution in [0.1, 0.15) is 28.4 Å². The van der Waals surface area contributed by atoms with Crippen molar-refractivity contribution in [2.75, 3.05) is 11.4 Å². The minimum Gasteiger partial charge on any atom is -0.340 e. The second-order valence-electron chi connectivity index (χ2n) is 8.29. The van der Waals surface area contributed by atoms with E-state index >= 15 is 0 Å². The Kier molecular flexibility index (Phi) is 7.71. The molecule has 37 heavy (non-hydrogen) atoms. The first kappa shape index (κ1) is 25.7. The first-order valence-electron chi connectivity index (χ1n) is 11.7. The summed E-state index contributed by atoms with van der Waals surface area (Å²) in [5.41, 5.74) is 0.481. The summed E-state index contributed by atoms with van der Waals surface area (Å²) < 4.78 is 40.5. The molecule has 4 aromatic rings. The normalized spacial score (nSPS) is 14.9. The molecule has 9 heteroatoms. The number of anilines is 1. The average Bonchev–Trinajstić information content (AvgIpc) is 3.34. The van der Waals surface area contributed by atoms with Crippen LogP contribution in [0.5, 0.6) is 0 Å². The number of benzene rings is 3. The Balaban J connectivity index is 0.000000469. The number of alkyl halides is 3. The van der Waals surface area contributed by atoms with Gasteiger partial charge in [0.15, 0.2) is 0 Å². The fourth-order valence-corrected chi connectivity index (χ4v) is 4.05. The van der Waals surface area contributed by atoms with E-state index in [2.05, 4.69) is 10.4 Å². The first-order chi connectivity index (χ1) is 17.8. The lowest BCUT2D eigenvalue weighted by atomic mass is 10.0. The number of hydrogen-bond acceptors (Lipinski definition) is 3. The Morgan fingerprint density at radius 3 is 2.19 bits per heavy atom. The number of likely N-dealkylation sites (N-methyl/N-ethyl adjacent to an activating group) is 1. The van der Waals surface area contributed by atoms with Gasteiger partial charge in [0.1, 0.15) is 11.9 Å². The molecule has 1 N–H and O–H groups in total. The summed E-state index contributed by atoms with van der Waals surface area (Å²) >= 11 is 0. The van der Waals surface area contributed by atoms with Gasteiger partial charge in [-0.15, -0.1) is 0 Å². The molecule has 2 heterocycles. The van der Waals surface area contributed by atoms with Crippen LogP contribution in [0.25, 0.3) is 5.69 Å². The predicted octanol–water partition coefficient (Wildman–Crippen LogP) is 5.29. The third kappa shape index (κ3) is 5.88. The van der Waals surface area contributed by atoms with Gasteiger partial charge in [0.05, 0.1) is 17.4 Å². The van der Waals surface area contributed by atoms with E-state index in [-0.39, 0.29) is 17.9 Å². The van der Waals surface area contributed by atoms with Crippen molar-refractivity contribution in [2.24, 2.45) is 0 Å². The molecule has 3 aromatic carbocycles. The van der Waals surface area contributed by atoms with E-state index in [0.29, 0.717) is 12.4 Å². The van der Waals surface area contributed by atoms with Gasteiger partial charge >= 0.3 is 6.18 Å². The quantitative estimate of drug-likeness (QED) is 0.409. The minimum atomic E-state index is -4.56. The van der Waals surface area contributed by atoms with Crippen molar-refractivity contribution in [3.63, 3.8) is 0 Å². The summed E-state index contributed by atoms with van der Waals surface area (Å²) in [6.45, 7) is 2.15. The number of hydrogen-bond donors (Lipinski definition) is 1. The van der Waals surface area contributed by atoms with E-state index < -0.39 is 23.7 Å². The largest absolute Gasteiger partial charge is 0.416 e. The van der Waals surface area contributed by atoms with Gasteiger partial charge in [0, 0.05) is 24.1 Å². The summed E-state index contributed by atoms with van der Waals surface area (Å²) in [4.78, 5) is 27.2. The molecule has 5 rings (SSSR count). The van der Waals surface area contributed by atoms with Crippen molar-refractivity contribution in [1.29, 1.82) is 0 Å². The highest BCUT2D eigenvalue weighted by Crippen LogP contribution is 2.31. The fraction of sp³-hybridized carbons (Fsp3) is 0.179. The Bertz CT molecular complexity index is 1330. The molecule has 0 fully saturated rings. The lowest BCUT2D eigenvalue weighted by molar-refractivity contribution is -0.137. The molecule has 1 atom stereocenters. The highest BCUT2D eigenvalue weighted by Gasteiger charge is 2.37. The molecule has 190 valence electrons. The molecule has 1 aliphatic rings. The molecule has 0 saturated heterocycles. The molecule has 0 bridgehead atoms. The van der Waals surface area contributed by atoms with E-state index in [9.17, 15) is 22.8 Å². The molecule has 0 saturated carbocycles. The maximum Gasteiger partial charge on any atom is 0.416 e. The number of fused-ring (bicyclic) bond motifs is 1. The van der Waals surface area contributed by atoms with Gasteiger partial charge in [0.25, 0.3) is 11.8 Å². The average molecular weight is 507 g/mol. The van der Waals surface area contributed by atoms with Gasteiger partial charge in [-0.1, -0.05) is 60.7 Å². The summed E-state index contributed by atoms with van der Waals surface area (Å²) in [6.07, 6.45) is -2.72. The lowest BCUT2D eigenvalue weighted by Crippen LogP contribution is -2.53. The van der Waals surface area contributed by atoms with E-state index in [1.54, 1.807) is 17.8 Å². The monoisotopic (exact) mass is 506 g/mol. The summed E-state index contributed by atoms with van der Waals surface area (Å²) in [5, 5.41) is 6.98. The number of nitrogens with one attached hydrogen (secondary N) is 1. The predicted molar refractivity (Wildman–Crippen MR) is 134 cm³/mol. The topological polar surface area (TPSA) is 67.2 Å². The van der Waals surface area contributed by atoms with Crippen LogP contribution in [-0.2, 0) is 17.4 Å². The summed E-state index contributed by atoms with van der Waals surface area (Å²) in [5.74, 6) is -0.448. The van der Waals surface area contributed by atoms with Crippen LogP contribution in [0, 0.1) is 0 Å². The Hall–Kier alpha value is -4.40. The summed E-state index contributed by atoms with van der Waals surface area (Å²) in [7, 11) is 0. The van der Waals surface area contributed by atoms with E-state index in [4.69, 9.17) is 0 Å². The maximum atomic E-state index is 13.1. The molecular formula is C28H25F3N4O2. The molecule has 0 radical (unpaired) electrons. The Morgan fingerprint density at radius 2 is 1.59 bits per heavy atom. The lowest BCUT2D eigenvalue weighted by Gasteiger charge is -2.32. The Morgan fingerprint density at radius 1 is 0.973 bits per heavy atom. The molecule has 1 aromatic heterocycles. The van der Waals surface area contributed by atoms with Crippen LogP contribution in [0.4, 0.5) is 19.0 Å². The number of halogens is 3. The van der Waals surface area contributed by atoms with E-state index in [1.807, 2.05) is 66.7 Å². The van der Waals surface area contributed by atoms with Crippen molar-refractivity contribution in [2.45, 2.75) is 25.6 Å². The van der Waals surface area contributed by atoms with E-state index in [1.165, 1.54) is 17.0 Å². The van der Waals surface area contributed by atoms with E-state index in [0.717, 1.165) is 23.4 Å². The highest BCUT2D eigenvalue weighted by atomic mass is 19.4. The second kappa shape index (κ2) is 11.1. The van der Waals surface area contributed by atoms with Crippen LogP contribution >= 0.6 is 0 Å². The molecule has 1 aliphatic heterocycles. The van der Waals surface area contributed by atoms with Gasteiger partial charge in [-0.3, -0.25) is 14.5 Å². The van der Waals surface area contributed by atoms with Crippen LogP contribution in [0.3, 0.4) is 0 Å². The van der Waals surface area contributed by atoms with Crippen LogP contribution in [0.2, 0.25) is 0 Å². The zero-order chi connectivity index (χ0) is 26.4. The van der Waals surface area contributed by atoms with Crippen molar-refractivity contribution in [1.82, 2.24) is 15.1 Å². The maximum absolute atomic E-state index is 13.1. The number of amides is 2. The standard InChI is InChI=1S/C22H19F3N4O2.C6H6/c1-2-28-20-15(13-26-29(20)17-9-4-3-5-10-17)12-18(21(28)31)27-19(30)14-7-6-8-16(11-14)22(23,24)25;1-2-4-6-5-3-1/h3-11,13,18H,2,12H2,1H3,(H,27,30);1-6H. The van der Waals surface area contributed by atoms with Crippen LogP contribution < -0.4 is 10.2 Å². The van der Waals surface area contributed by atoms with Crippen LogP contribution in [0.15, 0.2) is 97.2 Å². The molecule has 2 amide bonds. The SMILES string of the molecule is CCN1C(=O)C(NC(=O)c2cccc(C(F)(F)F)c2)Cc2cnn(-c3ccccc3)c21.c1ccccc1. The number of aromatic nitrogens is 2. The van der Waals surface area contributed by atoms with Gasteiger partial charge in [0.2, 0.25) is 0 Å². The smallest absolute Gasteiger partial charge is 0.340 e. The first-order valence-corrected chi connectivity index (χ1v) is 11.7. The highest BCUT2D eigenvalue weighted by molar-refractivity contribution is 6.04. The van der Waals surface area contributed by atoms with Gasteiger partial charge in [-0.05, 0) is 37.3 Å². The molecule has 1 unspecified atom stereocenters. The van der Waals surface area contributed by atoms with Crippen molar-refractivity contribution < 1.29 is 22.8 Å². The zero-order valence-corrected chi connectivity index (χ0v) is 20.0. The zero-order valence-electron chi connectivity index (χ0n) is 20.0. The molecular weight excluding hydrogens is 481 g/mol. The third-order valence-corrected chi connectivity index (χ3v) is 5.80. The van der Waals surface area contributed by atoms with Crippen LogP contribution in [-0.4, -0.2) is 34.2 Å². The molecule has 0 spiro atoms. The number of rotatable bonds is 4. The number of para-hydroxylation sites is 1. The van der Waals surface area contributed by atoms with Crippen molar-refractivity contribution in [3.8, 4) is 5.69 Å². The third-order valence-electron chi connectivity index (χ3n) is 5.80. The fourth-order valence-electron chi connectivity index (χ4n) is 4.05. The Labute approximate surface area is 212 Å². The van der Waals surface area contributed by atoms with Crippen molar-refractivity contribution >= 4 is 17.6 Å². The minimum absolute atomic E-state index is 0.156. The second-order valence-corrected chi connectivity index (χ2v) is 8.29. The molecule has 0 aliphatic carbocycles. The van der Waals surface area contributed by atoms with Crippen molar-refractivity contribution in [3.05, 3.63) is 114 Å². The van der Waals surface area contributed by atoms with Gasteiger partial charge < -0.3 is 5.32 Å². The summed E-state index contributed by atoms with van der Waals surface area (Å²) in [6, 6.07) is 24.6. The number of nitrogens with zero attached hydrogens (tertiary/aromatic N) is 3. The molecule has 6 nitrogen and oxygen atoms in total. The number of carbonyl (C=O) groups is 2. The number of carbonyl (C=O) groups excluding carboxylic acids is 2. The van der Waals surface area contributed by atoms with Gasteiger partial charge in [-0.2, -0.15) is 18.3 Å². The van der Waals surface area contributed by atoms with Gasteiger partial charge in [-0.25, -0.2) is 4.68 Å².